The van der Waals surface area contributed by atoms with Crippen molar-refractivity contribution in [2.75, 3.05) is 24.3 Å². The van der Waals surface area contributed by atoms with Gasteiger partial charge in [0.15, 0.2) is 16.7 Å². The molecule has 3 amide bonds. The molecule has 0 fully saturated rings. The van der Waals surface area contributed by atoms with E-state index in [1.165, 1.54) is 10.8 Å². The van der Waals surface area contributed by atoms with Gasteiger partial charge in [-0.3, -0.25) is 19.5 Å². The molecule has 2 aromatic heterocycles. The summed E-state index contributed by atoms with van der Waals surface area (Å²) >= 11 is 1.05. The van der Waals surface area contributed by atoms with Crippen LogP contribution in [-0.2, 0) is 11.3 Å². The lowest BCUT2D eigenvalue weighted by Gasteiger charge is -2.19. The number of urea groups is 1. The first-order chi connectivity index (χ1) is 17.1. The molecule has 178 valence electrons. The number of para-hydroxylation sites is 1. The molecule has 0 saturated heterocycles. The van der Waals surface area contributed by atoms with Gasteiger partial charge < -0.3 is 19.2 Å². The van der Waals surface area contributed by atoms with Gasteiger partial charge in [-0.2, -0.15) is 0 Å². The summed E-state index contributed by atoms with van der Waals surface area (Å²) in [5, 5.41) is 5.68. The molecule has 1 aliphatic rings. The van der Waals surface area contributed by atoms with Crippen molar-refractivity contribution < 1.29 is 23.5 Å². The summed E-state index contributed by atoms with van der Waals surface area (Å²) in [7, 11) is 0. The number of aromatic nitrogens is 2. The molecule has 2 N–H and O–H groups in total. The molecule has 3 heterocycles. The number of ether oxygens (including phenoxy) is 2. The molecule has 0 atom stereocenters. The molecular weight excluding hydrogens is 472 g/mol. The number of nitrogens with zero attached hydrogens (tertiary/aromatic N) is 2. The zero-order chi connectivity index (χ0) is 24.2. The third kappa shape index (κ3) is 5.14. The van der Waals surface area contributed by atoms with Gasteiger partial charge in [0.25, 0.3) is 5.56 Å². The van der Waals surface area contributed by atoms with E-state index in [-0.39, 0.29) is 17.9 Å². The zero-order valence-corrected chi connectivity index (χ0v) is 19.2. The first kappa shape index (κ1) is 22.5. The molecule has 2 aromatic carbocycles. The van der Waals surface area contributed by atoms with Crippen LogP contribution >= 0.6 is 11.8 Å². The maximum absolute atomic E-state index is 13.1. The topological polar surface area (TPSA) is 125 Å². The third-order valence-electron chi connectivity index (χ3n) is 5.11. The summed E-state index contributed by atoms with van der Waals surface area (Å²) in [6.45, 7) is 1.05. The van der Waals surface area contributed by atoms with Gasteiger partial charge in [-0.15, -0.1) is 0 Å². The van der Waals surface area contributed by atoms with E-state index in [1.807, 2.05) is 0 Å². The Bertz CT molecular complexity index is 1450. The minimum absolute atomic E-state index is 0.127. The van der Waals surface area contributed by atoms with Gasteiger partial charge >= 0.3 is 6.03 Å². The Morgan fingerprint density at radius 2 is 1.86 bits per heavy atom. The number of hydrogen-bond donors (Lipinski definition) is 2. The molecule has 0 saturated carbocycles. The fourth-order valence-corrected chi connectivity index (χ4v) is 4.33. The van der Waals surface area contributed by atoms with Crippen molar-refractivity contribution >= 4 is 40.3 Å². The van der Waals surface area contributed by atoms with E-state index in [1.54, 1.807) is 54.6 Å². The van der Waals surface area contributed by atoms with Gasteiger partial charge in [0.05, 0.1) is 29.5 Å². The second-order valence-electron chi connectivity index (χ2n) is 7.53. The molecule has 0 radical (unpaired) electrons. The summed E-state index contributed by atoms with van der Waals surface area (Å²) in [4.78, 5) is 42.4. The SMILES string of the molecule is O=C(CSc1nc2ccccc2c(=O)n1Cc1ccco1)NC(=O)Nc1ccc2c(c1)OCCO2. The number of fused-ring (bicyclic) bond motifs is 2. The molecule has 0 bridgehead atoms. The van der Waals surface area contributed by atoms with Crippen LogP contribution in [0.15, 0.2) is 75.2 Å². The number of thioether (sulfide) groups is 1. The van der Waals surface area contributed by atoms with Crippen LogP contribution in [0.5, 0.6) is 11.5 Å². The second-order valence-corrected chi connectivity index (χ2v) is 8.47. The number of imide groups is 1. The van der Waals surface area contributed by atoms with Gasteiger partial charge in [0.1, 0.15) is 19.0 Å². The summed E-state index contributed by atoms with van der Waals surface area (Å²) in [6.07, 6.45) is 1.52. The quantitative estimate of drug-likeness (QED) is 0.310. The molecule has 0 unspecified atom stereocenters. The molecule has 10 nitrogen and oxygen atoms in total. The summed E-state index contributed by atoms with van der Waals surface area (Å²) in [6, 6.07) is 14.8. The molecule has 0 aliphatic carbocycles. The fraction of sp³-hybridized carbons (Fsp3) is 0.167. The standard InChI is InChI=1S/C24H20N4O6S/c29-21(27-23(31)25-15-7-8-19-20(12-15)34-11-10-33-19)14-35-24-26-18-6-2-1-5-17(18)22(30)28(24)13-16-4-3-9-32-16/h1-9,12H,10-11,13-14H2,(H2,25,27,29,31). The van der Waals surface area contributed by atoms with E-state index in [2.05, 4.69) is 15.6 Å². The molecule has 4 aromatic rings. The third-order valence-corrected chi connectivity index (χ3v) is 6.08. The van der Waals surface area contributed by atoms with Crippen LogP contribution in [0.1, 0.15) is 5.76 Å². The minimum atomic E-state index is -0.688. The van der Waals surface area contributed by atoms with Crippen molar-refractivity contribution in [3.63, 3.8) is 0 Å². The Hall–Kier alpha value is -4.25. The van der Waals surface area contributed by atoms with E-state index in [4.69, 9.17) is 13.9 Å². The number of carbonyl (C=O) groups is 2. The zero-order valence-electron chi connectivity index (χ0n) is 18.4. The number of hydrogen-bond acceptors (Lipinski definition) is 8. The lowest BCUT2D eigenvalue weighted by Crippen LogP contribution is -2.35. The second kappa shape index (κ2) is 9.94. The minimum Gasteiger partial charge on any atom is -0.486 e. The van der Waals surface area contributed by atoms with Crippen LogP contribution in [0.25, 0.3) is 10.9 Å². The molecule has 35 heavy (non-hydrogen) atoms. The molecular formula is C24H20N4O6S. The number of carbonyl (C=O) groups excluding carboxylic acids is 2. The van der Waals surface area contributed by atoms with Crippen molar-refractivity contribution in [1.82, 2.24) is 14.9 Å². The maximum Gasteiger partial charge on any atom is 0.325 e. The predicted molar refractivity (Wildman–Crippen MR) is 129 cm³/mol. The number of amides is 3. The van der Waals surface area contributed by atoms with Gasteiger partial charge in [-0.25, -0.2) is 9.78 Å². The van der Waals surface area contributed by atoms with Crippen molar-refractivity contribution in [2.45, 2.75) is 11.7 Å². The van der Waals surface area contributed by atoms with E-state index in [0.717, 1.165) is 11.8 Å². The van der Waals surface area contributed by atoms with E-state index in [9.17, 15) is 14.4 Å². The number of benzene rings is 2. The highest BCUT2D eigenvalue weighted by atomic mass is 32.2. The fourth-order valence-electron chi connectivity index (χ4n) is 3.53. The van der Waals surface area contributed by atoms with Crippen molar-refractivity contribution in [2.24, 2.45) is 0 Å². The van der Waals surface area contributed by atoms with Gasteiger partial charge in [-0.1, -0.05) is 23.9 Å². The Morgan fingerprint density at radius 1 is 1.03 bits per heavy atom. The Morgan fingerprint density at radius 3 is 2.69 bits per heavy atom. The molecule has 0 spiro atoms. The Kier molecular flexibility index (Phi) is 6.40. The lowest BCUT2D eigenvalue weighted by molar-refractivity contribution is -0.117. The lowest BCUT2D eigenvalue weighted by atomic mass is 10.2. The average Bonchev–Trinajstić information content (AvgIpc) is 3.38. The van der Waals surface area contributed by atoms with E-state index in [0.29, 0.717) is 52.2 Å². The highest BCUT2D eigenvalue weighted by Crippen LogP contribution is 2.32. The monoisotopic (exact) mass is 492 g/mol. The predicted octanol–water partition coefficient (Wildman–Crippen LogP) is 3.25. The van der Waals surface area contributed by atoms with Gasteiger partial charge in [0.2, 0.25) is 5.91 Å². The highest BCUT2D eigenvalue weighted by Gasteiger charge is 2.17. The van der Waals surface area contributed by atoms with Crippen molar-refractivity contribution in [3.05, 3.63) is 77.0 Å². The first-order valence-corrected chi connectivity index (χ1v) is 11.7. The average molecular weight is 493 g/mol. The Labute approximate surface area is 203 Å². The number of anilines is 1. The van der Waals surface area contributed by atoms with Crippen molar-refractivity contribution in [3.8, 4) is 11.5 Å². The Balaban J connectivity index is 1.26. The van der Waals surface area contributed by atoms with Crippen molar-refractivity contribution in [1.29, 1.82) is 0 Å². The van der Waals surface area contributed by atoms with Crippen LogP contribution in [-0.4, -0.2) is 40.5 Å². The van der Waals surface area contributed by atoms with Gasteiger partial charge in [-0.05, 0) is 36.4 Å². The summed E-state index contributed by atoms with van der Waals surface area (Å²) in [5.74, 6) is 1.02. The van der Waals surface area contributed by atoms with Gasteiger partial charge in [0, 0.05) is 11.8 Å². The normalized spacial score (nSPS) is 12.3. The van der Waals surface area contributed by atoms with Crippen LogP contribution in [0.4, 0.5) is 10.5 Å². The molecule has 11 heteroatoms. The smallest absolute Gasteiger partial charge is 0.325 e. The molecule has 5 rings (SSSR count). The maximum atomic E-state index is 13.1. The molecule has 1 aliphatic heterocycles. The van der Waals surface area contributed by atoms with Crippen LogP contribution in [0, 0.1) is 0 Å². The van der Waals surface area contributed by atoms with Crippen LogP contribution < -0.4 is 25.7 Å². The van der Waals surface area contributed by atoms with Crippen LogP contribution in [0.2, 0.25) is 0 Å². The number of nitrogens with one attached hydrogen (secondary N) is 2. The largest absolute Gasteiger partial charge is 0.486 e. The van der Waals surface area contributed by atoms with E-state index < -0.39 is 11.9 Å². The number of furan rings is 1. The van der Waals surface area contributed by atoms with E-state index >= 15 is 0 Å². The van der Waals surface area contributed by atoms with Crippen LogP contribution in [0.3, 0.4) is 0 Å². The highest BCUT2D eigenvalue weighted by molar-refractivity contribution is 7.99. The number of rotatable bonds is 6. The first-order valence-electron chi connectivity index (χ1n) is 10.7. The summed E-state index contributed by atoms with van der Waals surface area (Å²) in [5.41, 5.74) is 0.731. The summed E-state index contributed by atoms with van der Waals surface area (Å²) < 4.78 is 17.8.